The van der Waals surface area contributed by atoms with E-state index in [2.05, 4.69) is 20.5 Å². The highest BCUT2D eigenvalue weighted by atomic mass is 35.5. The summed E-state index contributed by atoms with van der Waals surface area (Å²) in [5.41, 5.74) is 0.565. The van der Waals surface area contributed by atoms with Crippen LogP contribution >= 0.6 is 11.6 Å². The first kappa shape index (κ1) is 12.0. The maximum Gasteiger partial charge on any atom is 0.137 e. The summed E-state index contributed by atoms with van der Waals surface area (Å²) < 4.78 is 13.3. The molecule has 1 aromatic heterocycles. The second-order valence-corrected chi connectivity index (χ2v) is 4.03. The predicted molar refractivity (Wildman–Crippen MR) is 63.2 cm³/mol. The zero-order chi connectivity index (χ0) is 12.1. The molecule has 0 spiro atoms. The van der Waals surface area contributed by atoms with Crippen molar-refractivity contribution in [1.29, 1.82) is 0 Å². The molecule has 0 atom stereocenters. The molecule has 1 heterocycles. The molecule has 2 aromatic rings. The highest BCUT2D eigenvalue weighted by Gasteiger charge is 2.02. The molecule has 0 saturated carbocycles. The van der Waals surface area contributed by atoms with Gasteiger partial charge in [0.15, 0.2) is 0 Å². The Morgan fingerprint density at radius 1 is 1.41 bits per heavy atom. The minimum Gasteiger partial charge on any atom is -0.312 e. The maximum atomic E-state index is 13.3. The first-order chi connectivity index (χ1) is 8.25. The average molecular weight is 255 g/mol. The largest absolute Gasteiger partial charge is 0.312 e. The smallest absolute Gasteiger partial charge is 0.137 e. The van der Waals surface area contributed by atoms with Crippen molar-refractivity contribution in [2.75, 3.05) is 6.54 Å². The molecule has 0 bridgehead atoms. The Kier molecular flexibility index (Phi) is 4.06. The van der Waals surface area contributed by atoms with Gasteiger partial charge >= 0.3 is 0 Å². The Balaban J connectivity index is 1.80. The zero-order valence-corrected chi connectivity index (χ0v) is 9.84. The number of nitrogens with zero attached hydrogens (tertiary/aromatic N) is 2. The Hall–Kier alpha value is -1.46. The average Bonchev–Trinajstić information content (AvgIpc) is 2.82. The molecule has 0 amide bonds. The Morgan fingerprint density at radius 2 is 2.29 bits per heavy atom. The molecule has 0 aliphatic rings. The summed E-state index contributed by atoms with van der Waals surface area (Å²) in [6.07, 6.45) is 2.19. The number of hydrogen-bond donors (Lipinski definition) is 2. The first-order valence-corrected chi connectivity index (χ1v) is 5.62. The van der Waals surface area contributed by atoms with Crippen LogP contribution in [0.5, 0.6) is 0 Å². The van der Waals surface area contributed by atoms with Gasteiger partial charge in [-0.1, -0.05) is 11.6 Å². The van der Waals surface area contributed by atoms with E-state index in [1.54, 1.807) is 6.07 Å². The topological polar surface area (TPSA) is 53.6 Å². The number of aromatic nitrogens is 3. The van der Waals surface area contributed by atoms with E-state index >= 15 is 0 Å². The van der Waals surface area contributed by atoms with Crippen LogP contribution in [0, 0.1) is 5.82 Å². The molecular weight excluding hydrogens is 243 g/mol. The minimum atomic E-state index is -0.249. The van der Waals surface area contributed by atoms with Crippen molar-refractivity contribution in [3.8, 4) is 0 Å². The lowest BCUT2D eigenvalue weighted by Gasteiger charge is -2.05. The zero-order valence-electron chi connectivity index (χ0n) is 9.08. The molecule has 4 nitrogen and oxygen atoms in total. The van der Waals surface area contributed by atoms with Gasteiger partial charge in [-0.15, -0.1) is 0 Å². The fourth-order valence-electron chi connectivity index (χ4n) is 1.46. The number of H-pyrrole nitrogens is 1. The number of halogens is 2. The molecule has 0 saturated heterocycles. The number of rotatable bonds is 5. The molecule has 0 unspecified atom stereocenters. The SMILES string of the molecule is Fc1ccc(Cl)cc1CNCCc1ncn[nH]1. The van der Waals surface area contributed by atoms with E-state index in [0.29, 0.717) is 23.7 Å². The van der Waals surface area contributed by atoms with E-state index in [9.17, 15) is 4.39 Å². The minimum absolute atomic E-state index is 0.249. The second kappa shape index (κ2) is 5.75. The molecule has 2 rings (SSSR count). The van der Waals surface area contributed by atoms with Crippen LogP contribution in [0.25, 0.3) is 0 Å². The summed E-state index contributed by atoms with van der Waals surface area (Å²) in [4.78, 5) is 3.99. The standard InChI is InChI=1S/C11H12ClFN4/c12-9-1-2-10(13)8(5-9)6-14-4-3-11-15-7-16-17-11/h1-2,5,7,14H,3-4,6H2,(H,15,16,17). The van der Waals surface area contributed by atoms with Crippen molar-refractivity contribution < 1.29 is 4.39 Å². The van der Waals surface area contributed by atoms with Gasteiger partial charge < -0.3 is 5.32 Å². The Morgan fingerprint density at radius 3 is 3.06 bits per heavy atom. The van der Waals surface area contributed by atoms with Gasteiger partial charge in [0.25, 0.3) is 0 Å². The molecular formula is C11H12ClFN4. The van der Waals surface area contributed by atoms with Crippen molar-refractivity contribution in [3.63, 3.8) is 0 Å². The van der Waals surface area contributed by atoms with Gasteiger partial charge in [0.1, 0.15) is 18.0 Å². The van der Waals surface area contributed by atoms with Crippen molar-refractivity contribution >= 4 is 11.6 Å². The lowest BCUT2D eigenvalue weighted by atomic mass is 10.2. The van der Waals surface area contributed by atoms with E-state index in [0.717, 1.165) is 12.2 Å². The van der Waals surface area contributed by atoms with E-state index < -0.39 is 0 Å². The number of benzene rings is 1. The summed E-state index contributed by atoms with van der Waals surface area (Å²) in [5.74, 6) is 0.561. The van der Waals surface area contributed by atoms with Crippen LogP contribution in [0.15, 0.2) is 24.5 Å². The highest BCUT2D eigenvalue weighted by Crippen LogP contribution is 2.14. The normalized spacial score (nSPS) is 10.7. The third-order valence-corrected chi connectivity index (χ3v) is 2.56. The van der Waals surface area contributed by atoms with Crippen LogP contribution in [0.2, 0.25) is 5.02 Å². The van der Waals surface area contributed by atoms with Crippen molar-refractivity contribution in [1.82, 2.24) is 20.5 Å². The molecule has 0 aliphatic carbocycles. The molecule has 0 aliphatic heterocycles. The highest BCUT2D eigenvalue weighted by molar-refractivity contribution is 6.30. The Labute approximate surface area is 103 Å². The first-order valence-electron chi connectivity index (χ1n) is 5.24. The van der Waals surface area contributed by atoms with Gasteiger partial charge in [-0.05, 0) is 18.2 Å². The Bertz CT molecular complexity index is 472. The van der Waals surface area contributed by atoms with E-state index in [1.807, 2.05) is 0 Å². The van der Waals surface area contributed by atoms with Gasteiger partial charge in [-0.2, -0.15) is 5.10 Å². The van der Waals surface area contributed by atoms with E-state index in [4.69, 9.17) is 11.6 Å². The summed E-state index contributed by atoms with van der Waals surface area (Å²) in [7, 11) is 0. The van der Waals surface area contributed by atoms with Crippen LogP contribution in [-0.2, 0) is 13.0 Å². The van der Waals surface area contributed by atoms with Crippen LogP contribution in [0.4, 0.5) is 4.39 Å². The third kappa shape index (κ3) is 3.51. The van der Waals surface area contributed by atoms with Crippen LogP contribution < -0.4 is 5.32 Å². The van der Waals surface area contributed by atoms with Crippen LogP contribution in [0.1, 0.15) is 11.4 Å². The van der Waals surface area contributed by atoms with E-state index in [-0.39, 0.29) is 5.82 Å². The fourth-order valence-corrected chi connectivity index (χ4v) is 1.65. The number of aromatic amines is 1. The molecule has 2 N–H and O–H groups in total. The van der Waals surface area contributed by atoms with Gasteiger partial charge in [0.2, 0.25) is 0 Å². The van der Waals surface area contributed by atoms with Gasteiger partial charge in [-0.25, -0.2) is 9.37 Å². The van der Waals surface area contributed by atoms with Crippen molar-refractivity contribution in [2.24, 2.45) is 0 Å². The maximum absolute atomic E-state index is 13.3. The summed E-state index contributed by atoms with van der Waals surface area (Å²) in [5, 5.41) is 10.2. The van der Waals surface area contributed by atoms with Crippen LogP contribution in [-0.4, -0.2) is 21.7 Å². The molecule has 17 heavy (non-hydrogen) atoms. The van der Waals surface area contributed by atoms with E-state index in [1.165, 1.54) is 18.5 Å². The predicted octanol–water partition coefficient (Wildman–Crippen LogP) is 1.93. The molecule has 0 fully saturated rings. The quantitative estimate of drug-likeness (QED) is 0.802. The number of nitrogens with one attached hydrogen (secondary N) is 2. The third-order valence-electron chi connectivity index (χ3n) is 2.33. The molecule has 0 radical (unpaired) electrons. The van der Waals surface area contributed by atoms with Crippen molar-refractivity contribution in [2.45, 2.75) is 13.0 Å². The van der Waals surface area contributed by atoms with Crippen molar-refractivity contribution in [3.05, 3.63) is 46.8 Å². The van der Waals surface area contributed by atoms with Gasteiger partial charge in [0, 0.05) is 30.1 Å². The second-order valence-electron chi connectivity index (χ2n) is 3.59. The van der Waals surface area contributed by atoms with Gasteiger partial charge in [0.05, 0.1) is 0 Å². The van der Waals surface area contributed by atoms with Gasteiger partial charge in [-0.3, -0.25) is 5.10 Å². The lowest BCUT2D eigenvalue weighted by Crippen LogP contribution is -2.18. The number of hydrogen-bond acceptors (Lipinski definition) is 3. The molecule has 6 heteroatoms. The molecule has 1 aromatic carbocycles. The summed E-state index contributed by atoms with van der Waals surface area (Å²) in [6, 6.07) is 4.53. The fraction of sp³-hybridized carbons (Fsp3) is 0.273. The summed E-state index contributed by atoms with van der Waals surface area (Å²) in [6.45, 7) is 1.14. The van der Waals surface area contributed by atoms with Crippen LogP contribution in [0.3, 0.4) is 0 Å². The summed E-state index contributed by atoms with van der Waals surface area (Å²) >= 11 is 5.79. The monoisotopic (exact) mass is 254 g/mol. The molecule has 90 valence electrons. The lowest BCUT2D eigenvalue weighted by molar-refractivity contribution is 0.586.